The molecule has 6 heteroatoms. The van der Waals surface area contributed by atoms with Crippen LogP contribution < -0.4 is 0 Å². The molecule has 24 heavy (non-hydrogen) atoms. The summed E-state index contributed by atoms with van der Waals surface area (Å²) >= 11 is 0. The van der Waals surface area contributed by atoms with E-state index in [1.807, 2.05) is 17.9 Å². The Labute approximate surface area is 142 Å². The van der Waals surface area contributed by atoms with Crippen LogP contribution >= 0.6 is 0 Å². The second-order valence-corrected chi connectivity index (χ2v) is 6.55. The number of carbonyl (C=O) groups excluding carboxylic acids is 2. The summed E-state index contributed by atoms with van der Waals surface area (Å²) in [6.45, 7) is 5.33. The number of nitrogens with zero attached hydrogens (tertiary/aromatic N) is 2. The number of hydrogen-bond donors (Lipinski definition) is 1. The Balaban J connectivity index is 1.68. The molecule has 1 unspecified atom stereocenters. The molecule has 0 radical (unpaired) electrons. The molecule has 2 aliphatic heterocycles. The summed E-state index contributed by atoms with van der Waals surface area (Å²) < 4.78 is 5.29. The summed E-state index contributed by atoms with van der Waals surface area (Å²) in [7, 11) is 0. The minimum Gasteiger partial charge on any atom is -0.507 e. The fourth-order valence-corrected chi connectivity index (χ4v) is 3.40. The zero-order valence-electron chi connectivity index (χ0n) is 14.0. The Morgan fingerprint density at radius 3 is 2.62 bits per heavy atom. The Morgan fingerprint density at radius 2 is 1.92 bits per heavy atom. The molecular weight excluding hydrogens is 308 g/mol. The van der Waals surface area contributed by atoms with Crippen LogP contribution in [0.5, 0.6) is 5.75 Å². The number of phenolic OH excluding ortho intramolecular Hbond substituents is 1. The van der Waals surface area contributed by atoms with E-state index in [0.29, 0.717) is 45.0 Å². The largest absolute Gasteiger partial charge is 0.507 e. The average Bonchev–Trinajstić information content (AvgIpc) is 2.61. The molecule has 1 atom stereocenters. The molecule has 1 N–H and O–H groups in total. The van der Waals surface area contributed by atoms with Crippen LogP contribution in [-0.4, -0.2) is 66.1 Å². The van der Waals surface area contributed by atoms with Crippen molar-refractivity contribution in [3.8, 4) is 5.75 Å². The third kappa shape index (κ3) is 3.53. The summed E-state index contributed by atoms with van der Waals surface area (Å²) in [5.41, 5.74) is 1.21. The van der Waals surface area contributed by atoms with Gasteiger partial charge in [0.15, 0.2) is 0 Å². The van der Waals surface area contributed by atoms with Gasteiger partial charge in [-0.1, -0.05) is 6.07 Å². The number of aryl methyl sites for hydroxylation is 1. The number of morpholine rings is 1. The van der Waals surface area contributed by atoms with Gasteiger partial charge in [-0.05, 0) is 37.5 Å². The quantitative estimate of drug-likeness (QED) is 0.889. The number of likely N-dealkylation sites (tertiary alicyclic amines) is 1. The molecular formula is C18H24N2O4. The van der Waals surface area contributed by atoms with Crippen molar-refractivity contribution in [2.24, 2.45) is 5.92 Å². The van der Waals surface area contributed by atoms with Crippen LogP contribution in [0.1, 0.15) is 28.8 Å². The number of carbonyl (C=O) groups is 2. The summed E-state index contributed by atoms with van der Waals surface area (Å²) in [5, 5.41) is 10.0. The van der Waals surface area contributed by atoms with Crippen LogP contribution in [0.3, 0.4) is 0 Å². The van der Waals surface area contributed by atoms with E-state index in [2.05, 4.69) is 0 Å². The van der Waals surface area contributed by atoms with E-state index in [-0.39, 0.29) is 23.5 Å². The Hall–Kier alpha value is -2.08. The van der Waals surface area contributed by atoms with Crippen molar-refractivity contribution >= 4 is 11.8 Å². The third-order valence-corrected chi connectivity index (χ3v) is 4.76. The van der Waals surface area contributed by atoms with Crippen LogP contribution in [0.4, 0.5) is 0 Å². The predicted octanol–water partition coefficient (Wildman–Crippen LogP) is 1.41. The zero-order chi connectivity index (χ0) is 17.1. The molecule has 6 nitrogen and oxygen atoms in total. The summed E-state index contributed by atoms with van der Waals surface area (Å²) in [6, 6.07) is 5.06. The first-order valence-corrected chi connectivity index (χ1v) is 8.51. The lowest BCUT2D eigenvalue weighted by Gasteiger charge is -2.36. The second-order valence-electron chi connectivity index (χ2n) is 6.55. The lowest BCUT2D eigenvalue weighted by atomic mass is 9.95. The highest BCUT2D eigenvalue weighted by molar-refractivity contribution is 5.97. The van der Waals surface area contributed by atoms with Crippen molar-refractivity contribution in [3.63, 3.8) is 0 Å². The molecule has 0 bridgehead atoms. The van der Waals surface area contributed by atoms with E-state index < -0.39 is 0 Å². The molecule has 0 saturated carbocycles. The number of rotatable bonds is 2. The molecule has 0 spiro atoms. The number of amides is 2. The number of aromatic hydroxyl groups is 1. The molecule has 3 rings (SSSR count). The third-order valence-electron chi connectivity index (χ3n) is 4.76. The highest BCUT2D eigenvalue weighted by Crippen LogP contribution is 2.25. The van der Waals surface area contributed by atoms with E-state index in [4.69, 9.17) is 4.74 Å². The first-order chi connectivity index (χ1) is 11.6. The first-order valence-electron chi connectivity index (χ1n) is 8.51. The van der Waals surface area contributed by atoms with Gasteiger partial charge in [-0.15, -0.1) is 0 Å². The van der Waals surface area contributed by atoms with E-state index >= 15 is 0 Å². The highest BCUT2D eigenvalue weighted by atomic mass is 16.5. The van der Waals surface area contributed by atoms with Crippen molar-refractivity contribution in [2.75, 3.05) is 39.4 Å². The van der Waals surface area contributed by atoms with Crippen LogP contribution in [0.15, 0.2) is 18.2 Å². The standard InChI is InChI=1S/C18H24N2O4/c1-13-4-5-15(16(21)11-13)18(23)20-6-2-3-14(12-20)17(22)19-7-9-24-10-8-19/h4-5,11,14,21H,2-3,6-10,12H2,1H3. The fourth-order valence-electron chi connectivity index (χ4n) is 3.40. The smallest absolute Gasteiger partial charge is 0.257 e. The van der Waals surface area contributed by atoms with Gasteiger partial charge in [0.1, 0.15) is 5.75 Å². The van der Waals surface area contributed by atoms with Crippen LogP contribution in [0.2, 0.25) is 0 Å². The number of ether oxygens (including phenoxy) is 1. The minimum atomic E-state index is -0.202. The van der Waals surface area contributed by atoms with E-state index in [1.165, 1.54) is 0 Å². The molecule has 2 fully saturated rings. The van der Waals surface area contributed by atoms with Crippen LogP contribution in [0, 0.1) is 12.8 Å². The van der Waals surface area contributed by atoms with Gasteiger partial charge in [-0.25, -0.2) is 0 Å². The van der Waals surface area contributed by atoms with Crippen molar-refractivity contribution < 1.29 is 19.4 Å². The molecule has 2 saturated heterocycles. The van der Waals surface area contributed by atoms with Crippen molar-refractivity contribution in [1.29, 1.82) is 0 Å². The number of hydrogen-bond acceptors (Lipinski definition) is 4. The lowest BCUT2D eigenvalue weighted by Crippen LogP contribution is -2.49. The van der Waals surface area contributed by atoms with Crippen molar-refractivity contribution in [2.45, 2.75) is 19.8 Å². The van der Waals surface area contributed by atoms with Gasteiger partial charge in [-0.2, -0.15) is 0 Å². The molecule has 0 aliphatic carbocycles. The van der Waals surface area contributed by atoms with E-state index in [1.54, 1.807) is 17.0 Å². The van der Waals surface area contributed by atoms with Crippen LogP contribution in [0.25, 0.3) is 0 Å². The van der Waals surface area contributed by atoms with Gasteiger partial charge in [0.2, 0.25) is 5.91 Å². The fraction of sp³-hybridized carbons (Fsp3) is 0.556. The molecule has 2 amide bonds. The normalized spacial score (nSPS) is 21.6. The predicted molar refractivity (Wildman–Crippen MR) is 88.9 cm³/mol. The number of phenols is 1. The van der Waals surface area contributed by atoms with Crippen molar-refractivity contribution in [1.82, 2.24) is 9.80 Å². The van der Waals surface area contributed by atoms with Gasteiger partial charge >= 0.3 is 0 Å². The summed E-state index contributed by atoms with van der Waals surface area (Å²) in [4.78, 5) is 28.9. The van der Waals surface area contributed by atoms with Gasteiger partial charge in [-0.3, -0.25) is 9.59 Å². The van der Waals surface area contributed by atoms with Crippen molar-refractivity contribution in [3.05, 3.63) is 29.3 Å². The maximum atomic E-state index is 12.7. The maximum absolute atomic E-state index is 12.7. The first kappa shape index (κ1) is 16.8. The summed E-state index contributed by atoms with van der Waals surface area (Å²) in [6.07, 6.45) is 1.61. The van der Waals surface area contributed by atoms with E-state index in [0.717, 1.165) is 18.4 Å². The lowest BCUT2D eigenvalue weighted by molar-refractivity contribution is -0.141. The molecule has 2 heterocycles. The maximum Gasteiger partial charge on any atom is 0.257 e. The topological polar surface area (TPSA) is 70.1 Å². The molecule has 2 aliphatic rings. The zero-order valence-corrected chi connectivity index (χ0v) is 14.0. The van der Waals surface area contributed by atoms with Crippen LogP contribution in [-0.2, 0) is 9.53 Å². The Morgan fingerprint density at radius 1 is 1.17 bits per heavy atom. The molecule has 0 aromatic heterocycles. The van der Waals surface area contributed by atoms with Gasteiger partial charge in [0.05, 0.1) is 24.7 Å². The Kier molecular flexibility index (Phi) is 5.04. The highest BCUT2D eigenvalue weighted by Gasteiger charge is 2.32. The Bertz CT molecular complexity index is 625. The van der Waals surface area contributed by atoms with Gasteiger partial charge in [0, 0.05) is 26.2 Å². The average molecular weight is 332 g/mol. The number of benzene rings is 1. The molecule has 130 valence electrons. The number of piperidine rings is 1. The molecule has 1 aromatic carbocycles. The monoisotopic (exact) mass is 332 g/mol. The minimum absolute atomic E-state index is 0.00151. The van der Waals surface area contributed by atoms with Gasteiger partial charge < -0.3 is 19.6 Å². The van der Waals surface area contributed by atoms with Gasteiger partial charge in [0.25, 0.3) is 5.91 Å². The SMILES string of the molecule is Cc1ccc(C(=O)N2CCCC(C(=O)N3CCOCC3)C2)c(O)c1. The molecule has 1 aromatic rings. The summed E-state index contributed by atoms with van der Waals surface area (Å²) in [5.74, 6) is -0.245. The second kappa shape index (κ2) is 7.21. The van der Waals surface area contributed by atoms with E-state index in [9.17, 15) is 14.7 Å².